The van der Waals surface area contributed by atoms with E-state index in [1.54, 1.807) is 4.90 Å². The molecule has 1 saturated heterocycles. The topological polar surface area (TPSA) is 78.1 Å². The molecule has 1 aliphatic heterocycles. The largest absolute Gasteiger partial charge is 0.361 e. The van der Waals surface area contributed by atoms with Crippen LogP contribution < -0.4 is 5.32 Å². The molecule has 2 N–H and O–H groups in total. The number of amides is 2. The number of aryl methyl sites for hydroxylation is 1. The molecule has 1 fully saturated rings. The van der Waals surface area contributed by atoms with Crippen molar-refractivity contribution < 1.29 is 9.59 Å². The monoisotopic (exact) mass is 452 g/mol. The number of aromatic amines is 1. The number of nitrogens with one attached hydrogen (secondary N) is 2. The highest BCUT2D eigenvalue weighted by atomic mass is 35.5. The SMILES string of the molecule is Cc1ccc2nc(NC(=O)[C@@H]3CC(=O)N(CCc4c[nH]c5ccc(Cl)cc45)C3)sc2c1. The number of likely N-dealkylation sites (tertiary alicyclic amines) is 1. The summed E-state index contributed by atoms with van der Waals surface area (Å²) in [6.07, 6.45) is 2.90. The van der Waals surface area contributed by atoms with Crippen molar-refractivity contribution in [1.29, 1.82) is 0 Å². The highest BCUT2D eigenvalue weighted by Crippen LogP contribution is 2.28. The second kappa shape index (κ2) is 7.98. The van der Waals surface area contributed by atoms with Crippen LogP contribution in [0.3, 0.4) is 0 Å². The third kappa shape index (κ3) is 4.03. The molecule has 158 valence electrons. The Morgan fingerprint density at radius 3 is 3.06 bits per heavy atom. The Balaban J connectivity index is 1.22. The number of nitrogens with zero attached hydrogens (tertiary/aromatic N) is 2. The maximum atomic E-state index is 12.8. The van der Waals surface area contributed by atoms with Crippen LogP contribution in [0.25, 0.3) is 21.1 Å². The summed E-state index contributed by atoms with van der Waals surface area (Å²) in [6, 6.07) is 11.7. The summed E-state index contributed by atoms with van der Waals surface area (Å²) in [4.78, 5) is 34.7. The molecule has 0 unspecified atom stereocenters. The first-order valence-electron chi connectivity index (χ1n) is 10.2. The van der Waals surface area contributed by atoms with Gasteiger partial charge in [0.25, 0.3) is 0 Å². The van der Waals surface area contributed by atoms with E-state index in [9.17, 15) is 9.59 Å². The fraction of sp³-hybridized carbons (Fsp3) is 0.261. The van der Waals surface area contributed by atoms with Gasteiger partial charge in [-0.1, -0.05) is 29.0 Å². The number of anilines is 1. The maximum Gasteiger partial charge on any atom is 0.231 e. The van der Waals surface area contributed by atoms with Crippen LogP contribution in [0, 0.1) is 12.8 Å². The number of hydrogen-bond donors (Lipinski definition) is 2. The highest BCUT2D eigenvalue weighted by molar-refractivity contribution is 7.22. The van der Waals surface area contributed by atoms with Crippen molar-refractivity contribution in [3.05, 3.63) is 58.7 Å². The first kappa shape index (κ1) is 20.0. The first-order chi connectivity index (χ1) is 15.0. The molecule has 2 aromatic carbocycles. The molecular weight excluding hydrogens is 432 g/mol. The van der Waals surface area contributed by atoms with Crippen LogP contribution in [0.15, 0.2) is 42.6 Å². The van der Waals surface area contributed by atoms with Crippen molar-refractivity contribution in [1.82, 2.24) is 14.9 Å². The normalized spacial score (nSPS) is 16.5. The van der Waals surface area contributed by atoms with Crippen LogP contribution in [0.1, 0.15) is 17.5 Å². The minimum atomic E-state index is -0.362. The Bertz CT molecular complexity index is 1310. The molecule has 6 nitrogen and oxygen atoms in total. The van der Waals surface area contributed by atoms with E-state index in [0.29, 0.717) is 29.7 Å². The lowest BCUT2D eigenvalue weighted by Crippen LogP contribution is -2.29. The van der Waals surface area contributed by atoms with E-state index in [1.165, 1.54) is 11.3 Å². The summed E-state index contributed by atoms with van der Waals surface area (Å²) >= 11 is 7.58. The van der Waals surface area contributed by atoms with E-state index < -0.39 is 0 Å². The second-order valence-corrected chi connectivity index (χ2v) is 9.44. The van der Waals surface area contributed by atoms with Gasteiger partial charge in [0.05, 0.1) is 16.1 Å². The zero-order valence-corrected chi connectivity index (χ0v) is 18.5. The van der Waals surface area contributed by atoms with E-state index >= 15 is 0 Å². The van der Waals surface area contributed by atoms with E-state index in [0.717, 1.165) is 32.2 Å². The summed E-state index contributed by atoms with van der Waals surface area (Å²) in [5.41, 5.74) is 4.16. The second-order valence-electron chi connectivity index (χ2n) is 7.97. The molecular formula is C23H21ClN4O2S. The Kier molecular flexibility index (Phi) is 5.16. The lowest BCUT2D eigenvalue weighted by molar-refractivity contribution is -0.128. The minimum Gasteiger partial charge on any atom is -0.361 e. The number of carbonyl (C=O) groups excluding carboxylic acids is 2. The fourth-order valence-corrected chi connectivity index (χ4v) is 5.21. The van der Waals surface area contributed by atoms with Crippen LogP contribution in [0.5, 0.6) is 0 Å². The average molecular weight is 453 g/mol. The standard InChI is InChI=1S/C23H21ClN4O2S/c1-13-2-4-19-20(8-13)31-23(26-19)27-22(30)15-9-21(29)28(12-15)7-6-14-11-25-18-5-3-16(24)10-17(14)18/h2-5,8,10-11,15,25H,6-7,9,12H2,1H3,(H,26,27,30)/t15-/m1/s1. The Morgan fingerprint density at radius 2 is 2.19 bits per heavy atom. The fourth-order valence-electron chi connectivity index (χ4n) is 4.07. The number of fused-ring (bicyclic) bond motifs is 2. The van der Waals surface area contributed by atoms with Crippen molar-refractivity contribution in [3.63, 3.8) is 0 Å². The van der Waals surface area contributed by atoms with Gasteiger partial charge in [0.15, 0.2) is 5.13 Å². The average Bonchev–Trinajstić information content (AvgIpc) is 3.42. The van der Waals surface area contributed by atoms with Crippen LogP contribution in [0.2, 0.25) is 5.02 Å². The molecule has 8 heteroatoms. The number of hydrogen-bond acceptors (Lipinski definition) is 4. The van der Waals surface area contributed by atoms with Gasteiger partial charge in [-0.15, -0.1) is 0 Å². The van der Waals surface area contributed by atoms with Crippen molar-refractivity contribution in [3.8, 4) is 0 Å². The van der Waals surface area contributed by atoms with Gasteiger partial charge in [-0.2, -0.15) is 0 Å². The van der Waals surface area contributed by atoms with Crippen LogP contribution in [0.4, 0.5) is 5.13 Å². The van der Waals surface area contributed by atoms with E-state index in [2.05, 4.69) is 21.4 Å². The van der Waals surface area contributed by atoms with Gasteiger partial charge in [-0.05, 0) is 54.8 Å². The van der Waals surface area contributed by atoms with Crippen molar-refractivity contribution >= 4 is 61.0 Å². The molecule has 1 aliphatic rings. The predicted octanol–water partition coefficient (Wildman–Crippen LogP) is 4.77. The number of carbonyl (C=O) groups is 2. The molecule has 0 radical (unpaired) electrons. The highest BCUT2D eigenvalue weighted by Gasteiger charge is 2.34. The molecule has 1 atom stereocenters. The number of benzene rings is 2. The Labute approximate surface area is 188 Å². The van der Waals surface area contributed by atoms with Gasteiger partial charge in [0, 0.05) is 41.6 Å². The zero-order chi connectivity index (χ0) is 21.5. The molecule has 0 aliphatic carbocycles. The van der Waals surface area contributed by atoms with Gasteiger partial charge >= 0.3 is 0 Å². The Hall–Kier alpha value is -2.90. The number of aromatic nitrogens is 2. The third-order valence-corrected chi connectivity index (χ3v) is 6.91. The number of rotatable bonds is 5. The molecule has 5 rings (SSSR count). The van der Waals surface area contributed by atoms with Gasteiger partial charge in [-0.25, -0.2) is 4.98 Å². The molecule has 3 heterocycles. The van der Waals surface area contributed by atoms with Gasteiger partial charge in [-0.3, -0.25) is 9.59 Å². The van der Waals surface area contributed by atoms with E-state index in [-0.39, 0.29) is 24.2 Å². The van der Waals surface area contributed by atoms with Crippen molar-refractivity contribution in [2.75, 3.05) is 18.4 Å². The lowest BCUT2D eigenvalue weighted by Gasteiger charge is -2.16. The van der Waals surface area contributed by atoms with Gasteiger partial charge in [0.2, 0.25) is 11.8 Å². The van der Waals surface area contributed by atoms with Crippen LogP contribution in [-0.4, -0.2) is 39.8 Å². The van der Waals surface area contributed by atoms with Gasteiger partial charge in [0.1, 0.15) is 0 Å². The zero-order valence-electron chi connectivity index (χ0n) is 16.9. The quantitative estimate of drug-likeness (QED) is 0.458. The molecule has 31 heavy (non-hydrogen) atoms. The lowest BCUT2D eigenvalue weighted by atomic mass is 10.1. The summed E-state index contributed by atoms with van der Waals surface area (Å²) < 4.78 is 1.04. The Morgan fingerprint density at radius 1 is 1.32 bits per heavy atom. The number of H-pyrrole nitrogens is 1. The third-order valence-electron chi connectivity index (χ3n) is 5.74. The summed E-state index contributed by atoms with van der Waals surface area (Å²) in [5, 5.41) is 5.24. The van der Waals surface area contributed by atoms with Crippen molar-refractivity contribution in [2.24, 2.45) is 5.92 Å². The maximum absolute atomic E-state index is 12.8. The van der Waals surface area contributed by atoms with Gasteiger partial charge < -0.3 is 15.2 Å². The number of thiazole rings is 1. The molecule has 2 aromatic heterocycles. The van der Waals surface area contributed by atoms with Crippen molar-refractivity contribution in [2.45, 2.75) is 19.8 Å². The molecule has 0 spiro atoms. The predicted molar refractivity (Wildman–Crippen MR) is 125 cm³/mol. The summed E-state index contributed by atoms with van der Waals surface area (Å²) in [5.74, 6) is -0.498. The van der Waals surface area contributed by atoms with E-state index in [4.69, 9.17) is 11.6 Å². The first-order valence-corrected chi connectivity index (χ1v) is 11.4. The smallest absolute Gasteiger partial charge is 0.231 e. The van der Waals surface area contributed by atoms with Crippen LogP contribution in [-0.2, 0) is 16.0 Å². The molecule has 2 amide bonds. The molecule has 4 aromatic rings. The minimum absolute atomic E-state index is 0.0120. The molecule has 0 bridgehead atoms. The summed E-state index contributed by atoms with van der Waals surface area (Å²) in [7, 11) is 0. The number of halogens is 1. The van der Waals surface area contributed by atoms with Crippen LogP contribution >= 0.6 is 22.9 Å². The molecule has 0 saturated carbocycles. The van der Waals surface area contributed by atoms with E-state index in [1.807, 2.05) is 43.5 Å². The summed E-state index contributed by atoms with van der Waals surface area (Å²) in [6.45, 7) is 3.03.